The van der Waals surface area contributed by atoms with E-state index < -0.39 is 0 Å². The molecule has 1 aliphatic carbocycles. The summed E-state index contributed by atoms with van der Waals surface area (Å²) >= 11 is 6.29. The molecule has 1 aromatic heterocycles. The van der Waals surface area contributed by atoms with Crippen LogP contribution in [0.15, 0.2) is 0 Å². The summed E-state index contributed by atoms with van der Waals surface area (Å²) in [5.41, 5.74) is 1.91. The van der Waals surface area contributed by atoms with Gasteiger partial charge in [-0.05, 0) is 25.2 Å². The second-order valence-electron chi connectivity index (χ2n) is 5.00. The highest BCUT2D eigenvalue weighted by Crippen LogP contribution is 2.31. The zero-order valence-electron chi connectivity index (χ0n) is 10.6. The zero-order chi connectivity index (χ0) is 12.4. The molecule has 1 unspecified atom stereocenters. The fraction of sp³-hybridized carbons (Fsp3) is 0.769. The van der Waals surface area contributed by atoms with Gasteiger partial charge in [-0.25, -0.2) is 0 Å². The highest BCUT2D eigenvalue weighted by Gasteiger charge is 2.25. The molecule has 0 spiro atoms. The Morgan fingerprint density at radius 1 is 1.47 bits per heavy atom. The lowest BCUT2D eigenvalue weighted by atomic mass is 9.97. The van der Waals surface area contributed by atoms with Crippen molar-refractivity contribution in [3.05, 3.63) is 16.4 Å². The molecular formula is C13H21ClN2O. The molecule has 17 heavy (non-hydrogen) atoms. The maximum absolute atomic E-state index is 10.2. The quantitative estimate of drug-likeness (QED) is 0.900. The fourth-order valence-electron chi connectivity index (χ4n) is 2.75. The van der Waals surface area contributed by atoms with Crippen LogP contribution in [0.1, 0.15) is 44.0 Å². The van der Waals surface area contributed by atoms with Gasteiger partial charge in [-0.15, -0.1) is 0 Å². The van der Waals surface area contributed by atoms with Gasteiger partial charge in [0, 0.05) is 13.5 Å². The summed E-state index contributed by atoms with van der Waals surface area (Å²) in [4.78, 5) is 0. The molecule has 0 saturated heterocycles. The molecule has 3 nitrogen and oxygen atoms in total. The second kappa shape index (κ2) is 5.40. The van der Waals surface area contributed by atoms with Crippen molar-refractivity contribution in [2.45, 2.75) is 51.6 Å². The molecule has 0 radical (unpaired) electrons. The van der Waals surface area contributed by atoms with Crippen molar-refractivity contribution in [2.75, 3.05) is 0 Å². The van der Waals surface area contributed by atoms with Crippen LogP contribution in [0.2, 0.25) is 5.02 Å². The second-order valence-corrected chi connectivity index (χ2v) is 5.38. The van der Waals surface area contributed by atoms with E-state index in [-0.39, 0.29) is 6.10 Å². The van der Waals surface area contributed by atoms with Gasteiger partial charge >= 0.3 is 0 Å². The van der Waals surface area contributed by atoms with Crippen LogP contribution in [0.25, 0.3) is 0 Å². The molecule has 0 aliphatic heterocycles. The fourth-order valence-corrected chi connectivity index (χ4v) is 3.12. The predicted octanol–water partition coefficient (Wildman–Crippen LogP) is 2.73. The maximum Gasteiger partial charge on any atom is 0.0850 e. The Balaban J connectivity index is 2.09. The van der Waals surface area contributed by atoms with Crippen molar-refractivity contribution in [1.29, 1.82) is 0 Å². The summed E-state index contributed by atoms with van der Waals surface area (Å²) in [6, 6.07) is 0. The molecule has 1 fully saturated rings. The largest absolute Gasteiger partial charge is 0.392 e. The summed E-state index contributed by atoms with van der Waals surface area (Å²) in [5.74, 6) is 0.450. The highest BCUT2D eigenvalue weighted by atomic mass is 35.5. The summed E-state index contributed by atoms with van der Waals surface area (Å²) in [6.07, 6.45) is 6.01. The molecular weight excluding hydrogens is 236 g/mol. The predicted molar refractivity (Wildman–Crippen MR) is 69.3 cm³/mol. The van der Waals surface area contributed by atoms with Crippen LogP contribution >= 0.6 is 11.6 Å². The Hall–Kier alpha value is -0.540. The SMILES string of the molecule is CCc1nn(C)c(CC(O)C2CCCC2)c1Cl. The Bertz CT molecular complexity index is 383. The Kier molecular flexibility index (Phi) is 4.10. The minimum Gasteiger partial charge on any atom is -0.392 e. The molecule has 2 rings (SSSR count). The average molecular weight is 257 g/mol. The normalized spacial score (nSPS) is 18.8. The van der Waals surface area contributed by atoms with Crippen molar-refractivity contribution in [3.8, 4) is 0 Å². The van der Waals surface area contributed by atoms with Crippen LogP contribution in [0.5, 0.6) is 0 Å². The van der Waals surface area contributed by atoms with Crippen LogP contribution < -0.4 is 0 Å². The molecule has 1 N–H and O–H groups in total. The number of hydrogen-bond acceptors (Lipinski definition) is 2. The van der Waals surface area contributed by atoms with E-state index >= 15 is 0 Å². The lowest BCUT2D eigenvalue weighted by molar-refractivity contribution is 0.109. The van der Waals surface area contributed by atoms with Gasteiger partial charge in [0.2, 0.25) is 0 Å². The van der Waals surface area contributed by atoms with Gasteiger partial charge in [0.15, 0.2) is 0 Å². The van der Waals surface area contributed by atoms with Crippen LogP contribution in [-0.4, -0.2) is 21.0 Å². The smallest absolute Gasteiger partial charge is 0.0850 e. The van der Waals surface area contributed by atoms with E-state index in [0.29, 0.717) is 12.3 Å². The standard InChI is InChI=1S/C13H21ClN2O/c1-3-10-13(14)11(16(2)15-10)8-12(17)9-6-4-5-7-9/h9,12,17H,3-8H2,1-2H3. The maximum atomic E-state index is 10.2. The molecule has 1 heterocycles. The first kappa shape index (κ1) is 12.9. The number of nitrogens with zero attached hydrogens (tertiary/aromatic N) is 2. The first-order valence-electron chi connectivity index (χ1n) is 6.51. The molecule has 1 saturated carbocycles. The Morgan fingerprint density at radius 3 is 2.65 bits per heavy atom. The van der Waals surface area contributed by atoms with Crippen LogP contribution in [0.4, 0.5) is 0 Å². The number of aliphatic hydroxyl groups excluding tert-OH is 1. The summed E-state index contributed by atoms with van der Waals surface area (Å²) < 4.78 is 1.82. The Morgan fingerprint density at radius 2 is 2.12 bits per heavy atom. The number of rotatable bonds is 4. The molecule has 4 heteroatoms. The van der Waals surface area contributed by atoms with E-state index in [1.165, 1.54) is 12.8 Å². The lowest BCUT2D eigenvalue weighted by Crippen LogP contribution is -2.21. The van der Waals surface area contributed by atoms with E-state index in [0.717, 1.165) is 35.7 Å². The third-order valence-electron chi connectivity index (χ3n) is 3.85. The Labute approximate surface area is 108 Å². The summed E-state index contributed by atoms with van der Waals surface area (Å²) in [6.45, 7) is 2.05. The zero-order valence-corrected chi connectivity index (χ0v) is 11.4. The van der Waals surface area contributed by atoms with Crippen molar-refractivity contribution in [3.63, 3.8) is 0 Å². The molecule has 1 atom stereocenters. The number of aromatic nitrogens is 2. The minimum atomic E-state index is -0.268. The van der Waals surface area contributed by atoms with E-state index in [2.05, 4.69) is 5.10 Å². The number of aliphatic hydroxyl groups is 1. The van der Waals surface area contributed by atoms with Gasteiger partial charge in [0.25, 0.3) is 0 Å². The van der Waals surface area contributed by atoms with Crippen molar-refractivity contribution >= 4 is 11.6 Å². The number of aryl methyl sites for hydroxylation is 2. The first-order valence-corrected chi connectivity index (χ1v) is 6.89. The molecule has 96 valence electrons. The summed E-state index contributed by atoms with van der Waals surface area (Å²) in [7, 11) is 1.90. The number of halogens is 1. The van der Waals surface area contributed by atoms with Gasteiger partial charge in [-0.2, -0.15) is 5.10 Å². The van der Waals surface area contributed by atoms with Gasteiger partial charge in [0.05, 0.1) is 22.5 Å². The van der Waals surface area contributed by atoms with Crippen molar-refractivity contribution in [2.24, 2.45) is 13.0 Å². The van der Waals surface area contributed by atoms with Gasteiger partial charge in [-0.1, -0.05) is 31.4 Å². The van der Waals surface area contributed by atoms with Crippen molar-refractivity contribution in [1.82, 2.24) is 9.78 Å². The molecule has 0 bridgehead atoms. The third kappa shape index (κ3) is 2.66. The molecule has 1 aliphatic rings. The van der Waals surface area contributed by atoms with E-state index in [1.54, 1.807) is 0 Å². The van der Waals surface area contributed by atoms with Gasteiger partial charge < -0.3 is 5.11 Å². The third-order valence-corrected chi connectivity index (χ3v) is 4.29. The first-order chi connectivity index (χ1) is 8.13. The lowest BCUT2D eigenvalue weighted by Gasteiger charge is -2.17. The number of hydrogen-bond donors (Lipinski definition) is 1. The van der Waals surface area contributed by atoms with Crippen LogP contribution in [0.3, 0.4) is 0 Å². The minimum absolute atomic E-state index is 0.268. The van der Waals surface area contributed by atoms with Gasteiger partial charge in [-0.3, -0.25) is 4.68 Å². The monoisotopic (exact) mass is 256 g/mol. The van der Waals surface area contributed by atoms with E-state index in [4.69, 9.17) is 11.6 Å². The molecule has 1 aromatic rings. The van der Waals surface area contributed by atoms with Crippen LogP contribution in [0, 0.1) is 5.92 Å². The van der Waals surface area contributed by atoms with Crippen molar-refractivity contribution < 1.29 is 5.11 Å². The topological polar surface area (TPSA) is 38.0 Å². The average Bonchev–Trinajstić information content (AvgIpc) is 2.92. The molecule has 0 amide bonds. The summed E-state index contributed by atoms with van der Waals surface area (Å²) in [5, 5.41) is 15.4. The van der Waals surface area contributed by atoms with E-state index in [1.807, 2.05) is 18.7 Å². The van der Waals surface area contributed by atoms with E-state index in [9.17, 15) is 5.11 Å². The molecule has 0 aromatic carbocycles. The highest BCUT2D eigenvalue weighted by molar-refractivity contribution is 6.31. The van der Waals surface area contributed by atoms with Gasteiger partial charge in [0.1, 0.15) is 0 Å². The van der Waals surface area contributed by atoms with Crippen LogP contribution in [-0.2, 0) is 19.9 Å².